The van der Waals surface area contributed by atoms with Crippen molar-refractivity contribution in [2.24, 2.45) is 5.92 Å². The molecular weight excluding hydrogens is 280 g/mol. The van der Waals surface area contributed by atoms with E-state index in [1.807, 2.05) is 9.80 Å². The van der Waals surface area contributed by atoms with E-state index >= 15 is 0 Å². The van der Waals surface area contributed by atoms with Gasteiger partial charge in [0, 0.05) is 31.1 Å². The Kier molecular flexibility index (Phi) is 4.44. The number of hydrogen-bond donors (Lipinski definition) is 1. The van der Waals surface area contributed by atoms with E-state index in [0.717, 1.165) is 25.7 Å². The number of carbonyl (C=O) groups excluding carboxylic acids is 2. The second-order valence-electron chi connectivity index (χ2n) is 7.17. The van der Waals surface area contributed by atoms with Crippen molar-refractivity contribution in [3.05, 3.63) is 0 Å². The first-order valence-corrected chi connectivity index (χ1v) is 8.84. The summed E-state index contributed by atoms with van der Waals surface area (Å²) < 4.78 is 0. The molecule has 3 heterocycles. The van der Waals surface area contributed by atoms with Gasteiger partial charge in [-0.2, -0.15) is 0 Å². The van der Waals surface area contributed by atoms with Crippen LogP contribution in [0.15, 0.2) is 0 Å². The summed E-state index contributed by atoms with van der Waals surface area (Å²) in [6.07, 6.45) is 5.43. The molecule has 124 valence electrons. The molecule has 1 N–H and O–H groups in total. The average Bonchev–Trinajstić information content (AvgIpc) is 2.99. The lowest BCUT2D eigenvalue weighted by atomic mass is 9.97. The first-order valence-electron chi connectivity index (χ1n) is 8.84. The van der Waals surface area contributed by atoms with E-state index in [9.17, 15) is 14.7 Å². The summed E-state index contributed by atoms with van der Waals surface area (Å²) in [6, 6.07) is 0.655. The van der Waals surface area contributed by atoms with Crippen LogP contribution in [0.2, 0.25) is 0 Å². The highest BCUT2D eigenvalue weighted by Crippen LogP contribution is 2.38. The summed E-state index contributed by atoms with van der Waals surface area (Å²) in [7, 11) is 0. The van der Waals surface area contributed by atoms with Crippen LogP contribution in [0.4, 0.5) is 0 Å². The van der Waals surface area contributed by atoms with Crippen LogP contribution >= 0.6 is 0 Å². The number of aliphatic hydroxyl groups is 1. The molecule has 3 fully saturated rings. The summed E-state index contributed by atoms with van der Waals surface area (Å²) >= 11 is 0. The van der Waals surface area contributed by atoms with Gasteiger partial charge in [-0.05, 0) is 38.5 Å². The Morgan fingerprint density at radius 1 is 1.23 bits per heavy atom. The molecule has 0 saturated carbocycles. The second kappa shape index (κ2) is 6.19. The van der Waals surface area contributed by atoms with Crippen molar-refractivity contribution in [2.45, 2.75) is 83.0 Å². The topological polar surface area (TPSA) is 60.9 Å². The highest BCUT2D eigenvalue weighted by Gasteiger charge is 2.47. The largest absolute Gasteiger partial charge is 0.393 e. The quantitative estimate of drug-likeness (QED) is 0.857. The van der Waals surface area contributed by atoms with E-state index in [2.05, 4.69) is 13.8 Å². The third kappa shape index (κ3) is 2.64. The van der Waals surface area contributed by atoms with Crippen molar-refractivity contribution in [3.63, 3.8) is 0 Å². The number of amides is 2. The fourth-order valence-corrected chi connectivity index (χ4v) is 4.70. The van der Waals surface area contributed by atoms with Crippen LogP contribution in [0.5, 0.6) is 0 Å². The van der Waals surface area contributed by atoms with Gasteiger partial charge in [-0.25, -0.2) is 0 Å². The van der Waals surface area contributed by atoms with Gasteiger partial charge in [0.25, 0.3) is 0 Å². The van der Waals surface area contributed by atoms with Gasteiger partial charge in [0.1, 0.15) is 0 Å². The van der Waals surface area contributed by atoms with E-state index in [0.29, 0.717) is 25.8 Å². The zero-order chi connectivity index (χ0) is 15.9. The monoisotopic (exact) mass is 308 g/mol. The molecule has 2 amide bonds. The van der Waals surface area contributed by atoms with E-state index in [4.69, 9.17) is 0 Å². The molecule has 0 radical (unpaired) electrons. The predicted molar refractivity (Wildman–Crippen MR) is 83.1 cm³/mol. The fraction of sp³-hybridized carbons (Fsp3) is 0.882. The number of carbonyl (C=O) groups is 2. The molecule has 3 saturated heterocycles. The van der Waals surface area contributed by atoms with Crippen molar-refractivity contribution >= 4 is 11.8 Å². The van der Waals surface area contributed by atoms with Crippen LogP contribution < -0.4 is 0 Å². The molecule has 0 spiro atoms. The summed E-state index contributed by atoms with van der Waals surface area (Å²) in [5, 5.41) is 9.88. The average molecular weight is 308 g/mol. The number of rotatable bonds is 4. The number of fused-ring (bicyclic) bond motifs is 2. The van der Waals surface area contributed by atoms with Crippen LogP contribution in [-0.2, 0) is 9.59 Å². The van der Waals surface area contributed by atoms with Crippen LogP contribution in [-0.4, -0.2) is 57.5 Å². The third-order valence-electron chi connectivity index (χ3n) is 5.85. The van der Waals surface area contributed by atoms with Gasteiger partial charge in [0.05, 0.1) is 12.0 Å². The van der Waals surface area contributed by atoms with Gasteiger partial charge in [0.15, 0.2) is 0 Å². The Labute approximate surface area is 132 Å². The van der Waals surface area contributed by atoms with Crippen LogP contribution in [0.25, 0.3) is 0 Å². The minimum atomic E-state index is -0.257. The molecule has 3 aliphatic heterocycles. The highest BCUT2D eigenvalue weighted by atomic mass is 16.3. The molecule has 3 rings (SSSR count). The molecule has 0 aromatic rings. The molecule has 3 atom stereocenters. The third-order valence-corrected chi connectivity index (χ3v) is 5.85. The van der Waals surface area contributed by atoms with E-state index in [1.165, 1.54) is 0 Å². The van der Waals surface area contributed by atoms with E-state index in [-0.39, 0.29) is 42.0 Å². The lowest BCUT2D eigenvalue weighted by molar-refractivity contribution is -0.141. The Morgan fingerprint density at radius 3 is 2.36 bits per heavy atom. The minimum absolute atomic E-state index is 0.136. The number of likely N-dealkylation sites (tertiary alicyclic amines) is 1. The Morgan fingerprint density at radius 2 is 1.82 bits per heavy atom. The molecular formula is C17H28N2O3. The summed E-state index contributed by atoms with van der Waals surface area (Å²) in [5.41, 5.74) is 0. The van der Waals surface area contributed by atoms with E-state index in [1.54, 1.807) is 0 Å². The Hall–Kier alpha value is -1.10. The van der Waals surface area contributed by atoms with Gasteiger partial charge in [-0.1, -0.05) is 13.8 Å². The number of piperidine rings is 1. The van der Waals surface area contributed by atoms with Crippen molar-refractivity contribution in [3.8, 4) is 0 Å². The first kappa shape index (κ1) is 15.8. The molecule has 5 heteroatoms. The maximum absolute atomic E-state index is 12.9. The molecule has 3 aliphatic rings. The number of nitrogens with zero attached hydrogens (tertiary/aromatic N) is 2. The summed E-state index contributed by atoms with van der Waals surface area (Å²) in [5.74, 6) is 0.115. The molecule has 2 bridgehead atoms. The van der Waals surface area contributed by atoms with Gasteiger partial charge in [0.2, 0.25) is 11.8 Å². The van der Waals surface area contributed by atoms with Crippen LogP contribution in [0, 0.1) is 5.92 Å². The maximum atomic E-state index is 12.9. The summed E-state index contributed by atoms with van der Waals surface area (Å²) in [4.78, 5) is 29.1. The minimum Gasteiger partial charge on any atom is -0.393 e. The van der Waals surface area contributed by atoms with Gasteiger partial charge >= 0.3 is 0 Å². The van der Waals surface area contributed by atoms with Crippen LogP contribution in [0.1, 0.15) is 58.8 Å². The zero-order valence-electron chi connectivity index (χ0n) is 13.7. The normalized spacial score (nSPS) is 34.8. The predicted octanol–water partition coefficient (Wildman–Crippen LogP) is 1.54. The van der Waals surface area contributed by atoms with Crippen molar-refractivity contribution in [1.82, 2.24) is 9.80 Å². The highest BCUT2D eigenvalue weighted by molar-refractivity contribution is 5.90. The summed E-state index contributed by atoms with van der Waals surface area (Å²) in [6.45, 7) is 4.79. The van der Waals surface area contributed by atoms with Crippen molar-refractivity contribution in [1.29, 1.82) is 0 Å². The fourth-order valence-electron chi connectivity index (χ4n) is 4.70. The SMILES string of the molecule is CCC(CC)N1CC(C(=O)N2C3CCC2CC(O)C3)CC1=O. The van der Waals surface area contributed by atoms with Crippen molar-refractivity contribution < 1.29 is 14.7 Å². The molecule has 22 heavy (non-hydrogen) atoms. The first-order chi connectivity index (χ1) is 10.5. The Balaban J connectivity index is 1.68. The van der Waals surface area contributed by atoms with Gasteiger partial charge in [-0.3, -0.25) is 9.59 Å². The molecule has 3 unspecified atom stereocenters. The second-order valence-corrected chi connectivity index (χ2v) is 7.17. The zero-order valence-corrected chi connectivity index (χ0v) is 13.7. The van der Waals surface area contributed by atoms with Crippen molar-refractivity contribution in [2.75, 3.05) is 6.54 Å². The Bertz CT molecular complexity index is 435. The van der Waals surface area contributed by atoms with E-state index < -0.39 is 0 Å². The lowest BCUT2D eigenvalue weighted by Crippen LogP contribution is -2.50. The molecule has 5 nitrogen and oxygen atoms in total. The molecule has 0 aromatic carbocycles. The van der Waals surface area contributed by atoms with Gasteiger partial charge < -0.3 is 14.9 Å². The smallest absolute Gasteiger partial charge is 0.228 e. The molecule has 0 aliphatic carbocycles. The number of hydrogen-bond acceptors (Lipinski definition) is 3. The standard InChI is InChI=1S/C17H28N2O3/c1-3-12(4-2)18-10-11(7-16(18)21)17(22)19-13-5-6-14(19)9-15(20)8-13/h11-15,20H,3-10H2,1-2H3. The molecule has 0 aromatic heterocycles. The van der Waals surface area contributed by atoms with Crippen LogP contribution in [0.3, 0.4) is 0 Å². The lowest BCUT2D eigenvalue weighted by Gasteiger charge is -2.38. The number of aliphatic hydroxyl groups excluding tert-OH is 1. The van der Waals surface area contributed by atoms with Gasteiger partial charge in [-0.15, -0.1) is 0 Å². The maximum Gasteiger partial charge on any atom is 0.228 e.